The van der Waals surface area contributed by atoms with Crippen molar-refractivity contribution in [3.8, 4) is 0 Å². The molecule has 0 aliphatic carbocycles. The van der Waals surface area contributed by atoms with Crippen molar-refractivity contribution in [3.63, 3.8) is 0 Å². The second kappa shape index (κ2) is 6.17. The third-order valence-corrected chi connectivity index (χ3v) is 4.43. The van der Waals surface area contributed by atoms with Crippen molar-refractivity contribution in [2.75, 3.05) is 39.4 Å². The van der Waals surface area contributed by atoms with Crippen LogP contribution in [-0.2, 0) is 4.74 Å². The van der Waals surface area contributed by atoms with Crippen LogP contribution < -0.4 is 5.32 Å². The van der Waals surface area contributed by atoms with Gasteiger partial charge in [-0.15, -0.1) is 0 Å². The number of ether oxygens (including phenoxy) is 1. The maximum atomic E-state index is 5.45. The van der Waals surface area contributed by atoms with Crippen LogP contribution >= 0.6 is 0 Å². The lowest BCUT2D eigenvalue weighted by Gasteiger charge is -2.33. The molecule has 2 unspecified atom stereocenters. The summed E-state index contributed by atoms with van der Waals surface area (Å²) < 4.78 is 5.45. The standard InChI is InChI=1S/C14H28N2O/c1-3-14(2)12-16(8-4-7-15-14)9-5-13-6-10-17-11-13/h13,15H,3-12H2,1-2H3. The molecule has 2 rings (SSSR count). The second-order valence-electron chi connectivity index (χ2n) is 5.99. The maximum Gasteiger partial charge on any atom is 0.0495 e. The summed E-state index contributed by atoms with van der Waals surface area (Å²) in [6.45, 7) is 11.5. The fraction of sp³-hybridized carbons (Fsp3) is 1.00. The maximum absolute atomic E-state index is 5.45. The van der Waals surface area contributed by atoms with Crippen molar-refractivity contribution in [2.24, 2.45) is 5.92 Å². The topological polar surface area (TPSA) is 24.5 Å². The van der Waals surface area contributed by atoms with E-state index in [1.165, 1.54) is 51.9 Å². The molecule has 0 amide bonds. The summed E-state index contributed by atoms with van der Waals surface area (Å²) in [5.74, 6) is 0.819. The molecule has 3 nitrogen and oxygen atoms in total. The van der Waals surface area contributed by atoms with Gasteiger partial charge in [0.2, 0.25) is 0 Å². The van der Waals surface area contributed by atoms with Gasteiger partial charge in [-0.05, 0) is 58.2 Å². The van der Waals surface area contributed by atoms with Crippen molar-refractivity contribution in [3.05, 3.63) is 0 Å². The average molecular weight is 240 g/mol. The largest absolute Gasteiger partial charge is 0.381 e. The summed E-state index contributed by atoms with van der Waals surface area (Å²) in [7, 11) is 0. The predicted octanol–water partition coefficient (Wildman–Crippen LogP) is 1.88. The Morgan fingerprint density at radius 3 is 3.06 bits per heavy atom. The zero-order chi connectivity index (χ0) is 12.1. The average Bonchev–Trinajstić information content (AvgIpc) is 2.77. The van der Waals surface area contributed by atoms with Crippen molar-refractivity contribution >= 4 is 0 Å². The Labute approximate surface area is 106 Å². The fourth-order valence-corrected chi connectivity index (χ4v) is 2.93. The molecule has 0 saturated carbocycles. The van der Waals surface area contributed by atoms with Crippen LogP contribution in [0.1, 0.15) is 39.5 Å². The van der Waals surface area contributed by atoms with Gasteiger partial charge in [-0.2, -0.15) is 0 Å². The van der Waals surface area contributed by atoms with Gasteiger partial charge in [0.05, 0.1) is 0 Å². The normalized spacial score (nSPS) is 36.0. The Kier molecular flexibility index (Phi) is 4.83. The molecule has 0 aromatic rings. The summed E-state index contributed by atoms with van der Waals surface area (Å²) >= 11 is 0. The Hall–Kier alpha value is -0.120. The molecule has 2 fully saturated rings. The smallest absolute Gasteiger partial charge is 0.0495 e. The molecule has 17 heavy (non-hydrogen) atoms. The van der Waals surface area contributed by atoms with E-state index in [0.717, 1.165) is 19.1 Å². The molecule has 2 heterocycles. The van der Waals surface area contributed by atoms with Crippen LogP contribution in [-0.4, -0.2) is 49.8 Å². The Bertz CT molecular complexity index is 228. The van der Waals surface area contributed by atoms with Gasteiger partial charge in [0, 0.05) is 25.3 Å². The first-order chi connectivity index (χ1) is 8.22. The van der Waals surface area contributed by atoms with E-state index in [1.54, 1.807) is 0 Å². The third kappa shape index (κ3) is 3.94. The van der Waals surface area contributed by atoms with Gasteiger partial charge in [0.1, 0.15) is 0 Å². The molecular weight excluding hydrogens is 212 g/mol. The fourth-order valence-electron chi connectivity index (χ4n) is 2.93. The molecule has 0 spiro atoms. The number of hydrogen-bond acceptors (Lipinski definition) is 3. The van der Waals surface area contributed by atoms with Crippen molar-refractivity contribution in [1.29, 1.82) is 0 Å². The first-order valence-corrected chi connectivity index (χ1v) is 7.27. The highest BCUT2D eigenvalue weighted by atomic mass is 16.5. The molecule has 0 aromatic heterocycles. The molecule has 2 aliphatic rings. The summed E-state index contributed by atoms with van der Waals surface area (Å²) in [5, 5.41) is 3.70. The van der Waals surface area contributed by atoms with Gasteiger partial charge < -0.3 is 15.0 Å². The second-order valence-corrected chi connectivity index (χ2v) is 5.99. The predicted molar refractivity (Wildman–Crippen MR) is 71.3 cm³/mol. The van der Waals surface area contributed by atoms with Crippen LogP contribution in [0.2, 0.25) is 0 Å². The molecule has 0 bridgehead atoms. The highest BCUT2D eigenvalue weighted by molar-refractivity contribution is 4.88. The van der Waals surface area contributed by atoms with Gasteiger partial charge in [0.25, 0.3) is 0 Å². The summed E-state index contributed by atoms with van der Waals surface area (Å²) in [4.78, 5) is 2.65. The Morgan fingerprint density at radius 2 is 2.35 bits per heavy atom. The molecule has 0 radical (unpaired) electrons. The zero-order valence-corrected chi connectivity index (χ0v) is 11.5. The summed E-state index contributed by atoms with van der Waals surface area (Å²) in [5.41, 5.74) is 0.322. The molecule has 0 aromatic carbocycles. The molecule has 2 aliphatic heterocycles. The molecule has 100 valence electrons. The van der Waals surface area contributed by atoms with E-state index in [0.29, 0.717) is 5.54 Å². The molecule has 1 N–H and O–H groups in total. The lowest BCUT2D eigenvalue weighted by atomic mass is 9.98. The summed E-state index contributed by atoms with van der Waals surface area (Å²) in [6, 6.07) is 0. The SMILES string of the molecule is CCC1(C)CN(CCC2CCOC2)CCCN1. The molecule has 2 atom stereocenters. The Morgan fingerprint density at radius 1 is 1.47 bits per heavy atom. The monoisotopic (exact) mass is 240 g/mol. The van der Waals surface area contributed by atoms with Crippen LogP contribution in [0.5, 0.6) is 0 Å². The first kappa shape index (κ1) is 13.3. The number of rotatable bonds is 4. The highest BCUT2D eigenvalue weighted by Crippen LogP contribution is 2.19. The van der Waals surface area contributed by atoms with Crippen LogP contribution in [0.15, 0.2) is 0 Å². The minimum absolute atomic E-state index is 0.322. The lowest BCUT2D eigenvalue weighted by Crippen LogP contribution is -2.48. The van der Waals surface area contributed by atoms with Gasteiger partial charge >= 0.3 is 0 Å². The van der Waals surface area contributed by atoms with Crippen molar-refractivity contribution < 1.29 is 4.74 Å². The minimum atomic E-state index is 0.322. The molecule has 2 saturated heterocycles. The van der Waals surface area contributed by atoms with Crippen molar-refractivity contribution in [2.45, 2.75) is 45.1 Å². The number of nitrogens with zero attached hydrogens (tertiary/aromatic N) is 1. The van der Waals surface area contributed by atoms with E-state index in [1.807, 2.05) is 0 Å². The summed E-state index contributed by atoms with van der Waals surface area (Å²) in [6.07, 6.45) is 5.10. The molecular formula is C14H28N2O. The molecule has 3 heteroatoms. The number of nitrogens with one attached hydrogen (secondary N) is 1. The minimum Gasteiger partial charge on any atom is -0.381 e. The van der Waals surface area contributed by atoms with Gasteiger partial charge in [-0.1, -0.05) is 6.92 Å². The van der Waals surface area contributed by atoms with Gasteiger partial charge in [0.15, 0.2) is 0 Å². The van der Waals surface area contributed by atoms with E-state index in [-0.39, 0.29) is 0 Å². The van der Waals surface area contributed by atoms with E-state index < -0.39 is 0 Å². The lowest BCUT2D eigenvalue weighted by molar-refractivity contribution is 0.171. The van der Waals surface area contributed by atoms with Gasteiger partial charge in [-0.3, -0.25) is 0 Å². The van der Waals surface area contributed by atoms with Gasteiger partial charge in [-0.25, -0.2) is 0 Å². The zero-order valence-electron chi connectivity index (χ0n) is 11.5. The Balaban J connectivity index is 1.78. The van der Waals surface area contributed by atoms with E-state index in [4.69, 9.17) is 4.74 Å². The van der Waals surface area contributed by atoms with E-state index in [9.17, 15) is 0 Å². The van der Waals surface area contributed by atoms with Crippen molar-refractivity contribution in [1.82, 2.24) is 10.2 Å². The van der Waals surface area contributed by atoms with E-state index >= 15 is 0 Å². The quantitative estimate of drug-likeness (QED) is 0.812. The van der Waals surface area contributed by atoms with E-state index in [2.05, 4.69) is 24.1 Å². The highest BCUT2D eigenvalue weighted by Gasteiger charge is 2.27. The van der Waals surface area contributed by atoms with Crippen LogP contribution in [0.4, 0.5) is 0 Å². The third-order valence-electron chi connectivity index (χ3n) is 4.43. The van der Waals surface area contributed by atoms with Crippen LogP contribution in [0, 0.1) is 5.92 Å². The van der Waals surface area contributed by atoms with Crippen LogP contribution in [0.3, 0.4) is 0 Å². The first-order valence-electron chi connectivity index (χ1n) is 7.27. The van der Waals surface area contributed by atoms with Crippen LogP contribution in [0.25, 0.3) is 0 Å². The number of hydrogen-bond donors (Lipinski definition) is 1.